The van der Waals surface area contributed by atoms with Gasteiger partial charge in [0.2, 0.25) is 11.7 Å². The molecule has 0 fully saturated rings. The van der Waals surface area contributed by atoms with Gasteiger partial charge in [-0.25, -0.2) is 0 Å². The first-order valence-corrected chi connectivity index (χ1v) is 9.67. The van der Waals surface area contributed by atoms with E-state index in [0.29, 0.717) is 45.4 Å². The van der Waals surface area contributed by atoms with Crippen molar-refractivity contribution in [3.8, 4) is 17.1 Å². The van der Waals surface area contributed by atoms with Crippen LogP contribution >= 0.6 is 23.2 Å². The van der Waals surface area contributed by atoms with Crippen LogP contribution in [0.2, 0.25) is 10.0 Å². The minimum Gasteiger partial charge on any atom is -0.493 e. The zero-order chi connectivity index (χ0) is 17.6. The van der Waals surface area contributed by atoms with Gasteiger partial charge in [-0.05, 0) is 36.4 Å². The fraction of sp³-hybridized carbons (Fsp3) is 0.176. The lowest BCUT2D eigenvalue weighted by Gasteiger charge is -2.05. The number of halogens is 2. The van der Waals surface area contributed by atoms with E-state index in [1.54, 1.807) is 36.4 Å². The summed E-state index contributed by atoms with van der Waals surface area (Å²) in [6.45, 7) is 0.319. The number of ether oxygens (including phenoxy) is 1. The minimum absolute atomic E-state index is 0.168. The number of hydrogen-bond acceptors (Lipinski definition) is 5. The van der Waals surface area contributed by atoms with Gasteiger partial charge < -0.3 is 9.26 Å². The van der Waals surface area contributed by atoms with Crippen molar-refractivity contribution in [2.45, 2.75) is 5.75 Å². The van der Waals surface area contributed by atoms with Crippen molar-refractivity contribution in [3.05, 3.63) is 64.5 Å². The van der Waals surface area contributed by atoms with Crippen LogP contribution in [0.5, 0.6) is 5.75 Å². The van der Waals surface area contributed by atoms with E-state index >= 15 is 0 Å². The monoisotopic (exact) mass is 396 g/mol. The molecule has 0 N–H and O–H groups in total. The zero-order valence-electron chi connectivity index (χ0n) is 13.0. The molecule has 25 heavy (non-hydrogen) atoms. The molecule has 1 aromatic heterocycles. The number of aromatic nitrogens is 2. The van der Waals surface area contributed by atoms with Crippen LogP contribution in [0.4, 0.5) is 0 Å². The molecule has 0 saturated heterocycles. The second-order valence-corrected chi connectivity index (χ2v) is 7.50. The van der Waals surface area contributed by atoms with Crippen LogP contribution in [0.1, 0.15) is 5.89 Å². The average molecular weight is 397 g/mol. The summed E-state index contributed by atoms with van der Waals surface area (Å²) in [6.07, 6.45) is 0. The largest absolute Gasteiger partial charge is 0.493 e. The normalized spacial score (nSPS) is 12.1. The van der Waals surface area contributed by atoms with Crippen LogP contribution in [0.3, 0.4) is 0 Å². The third-order valence-corrected chi connectivity index (χ3v) is 5.03. The van der Waals surface area contributed by atoms with Crippen molar-refractivity contribution in [3.63, 3.8) is 0 Å². The predicted octanol–water partition coefficient (Wildman–Crippen LogP) is 4.37. The summed E-state index contributed by atoms with van der Waals surface area (Å²) in [6, 6.07) is 14.2. The summed E-state index contributed by atoms with van der Waals surface area (Å²) in [4.78, 5) is 4.25. The molecule has 0 aliphatic carbocycles. The van der Waals surface area contributed by atoms with E-state index in [9.17, 15) is 4.21 Å². The Morgan fingerprint density at radius 2 is 1.84 bits per heavy atom. The van der Waals surface area contributed by atoms with Gasteiger partial charge in [0.25, 0.3) is 0 Å². The first-order chi connectivity index (χ1) is 12.1. The lowest BCUT2D eigenvalue weighted by atomic mass is 10.2. The van der Waals surface area contributed by atoms with Gasteiger partial charge in [-0.2, -0.15) is 4.98 Å². The van der Waals surface area contributed by atoms with Crippen LogP contribution in [-0.4, -0.2) is 26.7 Å². The van der Waals surface area contributed by atoms with Crippen LogP contribution in [-0.2, 0) is 16.6 Å². The summed E-state index contributed by atoms with van der Waals surface area (Å²) in [5.74, 6) is 1.89. The summed E-state index contributed by atoms with van der Waals surface area (Å²) in [5.41, 5.74) is 0.677. The Morgan fingerprint density at radius 1 is 1.08 bits per heavy atom. The number of nitrogens with zero attached hydrogens (tertiary/aromatic N) is 2. The minimum atomic E-state index is -1.18. The highest BCUT2D eigenvalue weighted by molar-refractivity contribution is 7.84. The Labute approximate surface area is 157 Å². The maximum Gasteiger partial charge on any atom is 0.239 e. The first-order valence-electron chi connectivity index (χ1n) is 7.42. The molecule has 8 heteroatoms. The SMILES string of the molecule is O=S(CCOc1ccc(Cl)cc1)Cc1nc(-c2ccccc2Cl)no1. The highest BCUT2D eigenvalue weighted by Gasteiger charge is 2.13. The van der Waals surface area contributed by atoms with Crippen LogP contribution < -0.4 is 4.74 Å². The summed E-state index contributed by atoms with van der Waals surface area (Å²) < 4.78 is 22.8. The van der Waals surface area contributed by atoms with Crippen molar-refractivity contribution in [2.24, 2.45) is 0 Å². The topological polar surface area (TPSA) is 65.2 Å². The molecule has 3 rings (SSSR count). The Hall–Kier alpha value is -1.89. The Morgan fingerprint density at radius 3 is 2.60 bits per heavy atom. The Bertz CT molecular complexity index is 868. The molecule has 0 bridgehead atoms. The number of benzene rings is 2. The van der Waals surface area contributed by atoms with E-state index in [1.807, 2.05) is 12.1 Å². The highest BCUT2D eigenvalue weighted by Crippen LogP contribution is 2.25. The van der Waals surface area contributed by atoms with Gasteiger partial charge in [-0.15, -0.1) is 0 Å². The second-order valence-electron chi connectivity index (χ2n) is 5.08. The molecule has 0 aliphatic rings. The van der Waals surface area contributed by atoms with E-state index < -0.39 is 10.8 Å². The molecule has 0 spiro atoms. The molecule has 1 atom stereocenters. The third kappa shape index (κ3) is 5.04. The summed E-state index contributed by atoms with van der Waals surface area (Å²) >= 11 is 11.9. The molecule has 130 valence electrons. The third-order valence-electron chi connectivity index (χ3n) is 3.26. The van der Waals surface area contributed by atoms with Gasteiger partial charge in [0.1, 0.15) is 11.5 Å². The fourth-order valence-electron chi connectivity index (χ4n) is 2.06. The van der Waals surface area contributed by atoms with Crippen molar-refractivity contribution >= 4 is 34.0 Å². The van der Waals surface area contributed by atoms with Gasteiger partial charge >= 0.3 is 0 Å². The van der Waals surface area contributed by atoms with Crippen LogP contribution in [0.15, 0.2) is 53.1 Å². The number of hydrogen-bond donors (Lipinski definition) is 0. The summed E-state index contributed by atoms with van der Waals surface area (Å²) in [7, 11) is -1.18. The quantitative estimate of drug-likeness (QED) is 0.592. The molecule has 2 aromatic carbocycles. The smallest absolute Gasteiger partial charge is 0.239 e. The van der Waals surface area contributed by atoms with Crippen molar-refractivity contribution in [1.29, 1.82) is 0 Å². The van der Waals surface area contributed by atoms with E-state index in [4.69, 9.17) is 32.5 Å². The molecule has 1 heterocycles. The Balaban J connectivity index is 1.52. The first kappa shape index (κ1) is 17.9. The van der Waals surface area contributed by atoms with Crippen molar-refractivity contribution in [1.82, 2.24) is 10.1 Å². The molecular formula is C17H14Cl2N2O3S. The predicted molar refractivity (Wildman–Crippen MR) is 98.4 cm³/mol. The molecule has 3 aromatic rings. The van der Waals surface area contributed by atoms with Crippen molar-refractivity contribution < 1.29 is 13.5 Å². The van der Waals surface area contributed by atoms with Gasteiger partial charge in [0, 0.05) is 21.4 Å². The maximum atomic E-state index is 12.1. The molecule has 0 amide bonds. The molecule has 0 radical (unpaired) electrons. The van der Waals surface area contributed by atoms with Crippen LogP contribution in [0.25, 0.3) is 11.4 Å². The van der Waals surface area contributed by atoms with E-state index in [0.717, 1.165) is 0 Å². The summed E-state index contributed by atoms with van der Waals surface area (Å²) in [5, 5.41) is 5.06. The van der Waals surface area contributed by atoms with Gasteiger partial charge in [-0.1, -0.05) is 40.5 Å². The van der Waals surface area contributed by atoms with Gasteiger partial charge in [0.15, 0.2) is 0 Å². The van der Waals surface area contributed by atoms with E-state index in [-0.39, 0.29) is 5.75 Å². The molecular weight excluding hydrogens is 383 g/mol. The molecule has 5 nitrogen and oxygen atoms in total. The maximum absolute atomic E-state index is 12.1. The molecule has 0 aliphatic heterocycles. The van der Waals surface area contributed by atoms with Crippen molar-refractivity contribution in [2.75, 3.05) is 12.4 Å². The van der Waals surface area contributed by atoms with E-state index in [2.05, 4.69) is 10.1 Å². The lowest BCUT2D eigenvalue weighted by Crippen LogP contribution is -2.10. The van der Waals surface area contributed by atoms with Gasteiger partial charge in [0.05, 0.1) is 17.4 Å². The molecule has 0 saturated carbocycles. The van der Waals surface area contributed by atoms with Gasteiger partial charge in [-0.3, -0.25) is 4.21 Å². The Kier molecular flexibility index (Phi) is 6.07. The zero-order valence-corrected chi connectivity index (χ0v) is 15.4. The lowest BCUT2D eigenvalue weighted by molar-refractivity contribution is 0.342. The number of rotatable bonds is 7. The fourth-order valence-corrected chi connectivity index (χ4v) is 3.21. The van der Waals surface area contributed by atoms with Crippen LogP contribution in [0, 0.1) is 0 Å². The average Bonchev–Trinajstić information content (AvgIpc) is 3.05. The molecule has 1 unspecified atom stereocenters. The second kappa shape index (κ2) is 8.47. The standard InChI is InChI=1S/C17H14Cl2N2O3S/c18-12-5-7-13(8-6-12)23-9-10-25(22)11-16-20-17(21-24-16)14-3-1-2-4-15(14)19/h1-8H,9-11H2. The van der Waals surface area contributed by atoms with E-state index in [1.165, 1.54) is 0 Å². The highest BCUT2D eigenvalue weighted by atomic mass is 35.5.